The lowest BCUT2D eigenvalue weighted by molar-refractivity contribution is -0.137. The SMILES string of the molecule is CC1C(=O)N(C)c2ccc(Oc3c(F)cc(C(F)(F)F)cc3Cl)cc21. The lowest BCUT2D eigenvalue weighted by Gasteiger charge is -2.14. The van der Waals surface area contributed by atoms with Crippen molar-refractivity contribution in [3.05, 3.63) is 52.3 Å². The van der Waals surface area contributed by atoms with Gasteiger partial charge in [-0.2, -0.15) is 13.2 Å². The first-order valence-electron chi connectivity index (χ1n) is 7.25. The third kappa shape index (κ3) is 3.04. The Morgan fingerprint density at radius 2 is 1.88 bits per heavy atom. The zero-order chi connectivity index (χ0) is 18.5. The van der Waals surface area contributed by atoms with Crippen LogP contribution >= 0.6 is 11.6 Å². The summed E-state index contributed by atoms with van der Waals surface area (Å²) in [5, 5.41) is -0.492. The molecule has 2 aromatic carbocycles. The first-order valence-corrected chi connectivity index (χ1v) is 7.63. The average Bonchev–Trinajstić information content (AvgIpc) is 2.74. The van der Waals surface area contributed by atoms with E-state index in [1.165, 1.54) is 11.0 Å². The van der Waals surface area contributed by atoms with Crippen LogP contribution in [0, 0.1) is 5.82 Å². The second kappa shape index (κ2) is 5.91. The molecule has 0 N–H and O–H groups in total. The number of amides is 1. The van der Waals surface area contributed by atoms with Gasteiger partial charge in [-0.15, -0.1) is 0 Å². The molecule has 1 amide bonds. The lowest BCUT2D eigenvalue weighted by Crippen LogP contribution is -2.22. The normalized spacial score (nSPS) is 17.0. The molecule has 132 valence electrons. The van der Waals surface area contributed by atoms with Gasteiger partial charge in [-0.05, 0) is 42.8 Å². The Bertz CT molecular complexity index is 843. The summed E-state index contributed by atoms with van der Waals surface area (Å²) in [6.45, 7) is 1.72. The van der Waals surface area contributed by atoms with Crippen LogP contribution in [0.3, 0.4) is 0 Å². The molecule has 0 aliphatic carbocycles. The van der Waals surface area contributed by atoms with Gasteiger partial charge in [0.15, 0.2) is 11.6 Å². The smallest absolute Gasteiger partial charge is 0.416 e. The van der Waals surface area contributed by atoms with Crippen molar-refractivity contribution in [1.29, 1.82) is 0 Å². The zero-order valence-corrected chi connectivity index (χ0v) is 13.9. The monoisotopic (exact) mass is 373 g/mol. The zero-order valence-electron chi connectivity index (χ0n) is 13.1. The highest BCUT2D eigenvalue weighted by Crippen LogP contribution is 2.42. The Balaban J connectivity index is 1.96. The Hall–Kier alpha value is -2.28. The number of hydrogen-bond donors (Lipinski definition) is 0. The summed E-state index contributed by atoms with van der Waals surface area (Å²) in [4.78, 5) is 13.5. The topological polar surface area (TPSA) is 29.5 Å². The van der Waals surface area contributed by atoms with Crippen molar-refractivity contribution in [2.45, 2.75) is 19.0 Å². The highest BCUT2D eigenvalue weighted by Gasteiger charge is 2.34. The van der Waals surface area contributed by atoms with E-state index in [0.717, 1.165) is 0 Å². The fraction of sp³-hybridized carbons (Fsp3) is 0.235. The van der Waals surface area contributed by atoms with E-state index in [-0.39, 0.29) is 11.7 Å². The van der Waals surface area contributed by atoms with Crippen molar-refractivity contribution in [2.24, 2.45) is 0 Å². The molecule has 0 saturated heterocycles. The van der Waals surface area contributed by atoms with Gasteiger partial charge in [0, 0.05) is 12.7 Å². The summed E-state index contributed by atoms with van der Waals surface area (Å²) in [6.07, 6.45) is -4.71. The highest BCUT2D eigenvalue weighted by atomic mass is 35.5. The molecule has 0 saturated carbocycles. The number of carbonyl (C=O) groups excluding carboxylic acids is 1. The van der Waals surface area contributed by atoms with Crippen LogP contribution in [0.2, 0.25) is 5.02 Å². The minimum Gasteiger partial charge on any atom is -0.453 e. The number of hydrogen-bond acceptors (Lipinski definition) is 2. The summed E-state index contributed by atoms with van der Waals surface area (Å²) in [7, 11) is 1.64. The third-order valence-corrected chi connectivity index (χ3v) is 4.35. The van der Waals surface area contributed by atoms with E-state index in [0.29, 0.717) is 23.4 Å². The Morgan fingerprint density at radius 3 is 2.48 bits per heavy atom. The number of rotatable bonds is 2. The Morgan fingerprint density at radius 1 is 1.20 bits per heavy atom. The van der Waals surface area contributed by atoms with Crippen LogP contribution in [-0.2, 0) is 11.0 Å². The summed E-state index contributed by atoms with van der Waals surface area (Å²) >= 11 is 5.76. The molecule has 0 fully saturated rings. The van der Waals surface area contributed by atoms with Crippen molar-refractivity contribution in [3.63, 3.8) is 0 Å². The molecule has 1 aliphatic rings. The fourth-order valence-corrected chi connectivity index (χ4v) is 2.98. The number of carbonyl (C=O) groups is 1. The molecule has 8 heteroatoms. The Kier molecular flexibility index (Phi) is 4.15. The molecule has 2 aromatic rings. The van der Waals surface area contributed by atoms with Crippen molar-refractivity contribution in [3.8, 4) is 11.5 Å². The summed E-state index contributed by atoms with van der Waals surface area (Å²) < 4.78 is 57.4. The van der Waals surface area contributed by atoms with E-state index < -0.39 is 34.2 Å². The quantitative estimate of drug-likeness (QED) is 0.662. The van der Waals surface area contributed by atoms with E-state index in [9.17, 15) is 22.4 Å². The van der Waals surface area contributed by atoms with Gasteiger partial charge in [0.2, 0.25) is 5.91 Å². The van der Waals surface area contributed by atoms with Gasteiger partial charge in [0.25, 0.3) is 0 Å². The molecule has 25 heavy (non-hydrogen) atoms. The maximum absolute atomic E-state index is 14.0. The lowest BCUT2D eigenvalue weighted by atomic mass is 10.0. The Labute approximate surface area is 145 Å². The summed E-state index contributed by atoms with van der Waals surface area (Å²) in [5.74, 6) is -2.03. The molecular weight excluding hydrogens is 362 g/mol. The van der Waals surface area contributed by atoms with Gasteiger partial charge in [0.05, 0.1) is 16.5 Å². The standard InChI is InChI=1S/C17H12ClF4NO2/c1-8-11-7-10(3-4-14(11)23(2)16(8)24)25-15-12(18)5-9(6-13(15)19)17(20,21)22/h3-8H,1-2H3. The molecule has 1 heterocycles. The van der Waals surface area contributed by atoms with Crippen LogP contribution in [0.25, 0.3) is 0 Å². The van der Waals surface area contributed by atoms with Crippen molar-refractivity contribution in [2.75, 3.05) is 11.9 Å². The maximum Gasteiger partial charge on any atom is 0.416 e. The van der Waals surface area contributed by atoms with Crippen LogP contribution in [0.5, 0.6) is 11.5 Å². The molecule has 0 aromatic heterocycles. The van der Waals surface area contributed by atoms with Crippen molar-refractivity contribution < 1.29 is 27.1 Å². The molecule has 1 aliphatic heterocycles. The second-order valence-electron chi connectivity index (χ2n) is 5.71. The van der Waals surface area contributed by atoms with Gasteiger partial charge in [-0.25, -0.2) is 4.39 Å². The number of benzene rings is 2. The van der Waals surface area contributed by atoms with Crippen LogP contribution in [-0.4, -0.2) is 13.0 Å². The molecular formula is C17H12ClF4NO2. The number of ether oxygens (including phenoxy) is 1. The summed E-state index contributed by atoms with van der Waals surface area (Å²) in [6, 6.07) is 5.60. The van der Waals surface area contributed by atoms with E-state index in [4.69, 9.17) is 16.3 Å². The first-order chi connectivity index (χ1) is 11.6. The largest absolute Gasteiger partial charge is 0.453 e. The number of fused-ring (bicyclic) bond motifs is 1. The number of halogens is 5. The molecule has 3 nitrogen and oxygen atoms in total. The minimum atomic E-state index is -4.71. The molecule has 1 atom stereocenters. The predicted molar refractivity (Wildman–Crippen MR) is 84.8 cm³/mol. The maximum atomic E-state index is 14.0. The van der Waals surface area contributed by atoms with Gasteiger partial charge in [-0.3, -0.25) is 4.79 Å². The molecule has 1 unspecified atom stereocenters. The first kappa shape index (κ1) is 17.5. The van der Waals surface area contributed by atoms with E-state index in [2.05, 4.69) is 0 Å². The van der Waals surface area contributed by atoms with Crippen LogP contribution in [0.1, 0.15) is 24.0 Å². The molecule has 0 spiro atoms. The number of likely N-dealkylation sites (N-methyl/N-ethyl adjacent to an activating group) is 1. The number of anilines is 1. The van der Waals surface area contributed by atoms with E-state index >= 15 is 0 Å². The molecule has 3 rings (SSSR count). The predicted octanol–water partition coefficient (Wildman–Crippen LogP) is 5.37. The van der Waals surface area contributed by atoms with Crippen molar-refractivity contribution >= 4 is 23.2 Å². The van der Waals surface area contributed by atoms with Gasteiger partial charge < -0.3 is 9.64 Å². The van der Waals surface area contributed by atoms with Crippen LogP contribution < -0.4 is 9.64 Å². The van der Waals surface area contributed by atoms with Gasteiger partial charge >= 0.3 is 6.18 Å². The van der Waals surface area contributed by atoms with E-state index in [1.807, 2.05) is 0 Å². The van der Waals surface area contributed by atoms with Crippen LogP contribution in [0.15, 0.2) is 30.3 Å². The molecule has 0 bridgehead atoms. The average molecular weight is 374 g/mol. The fourth-order valence-electron chi connectivity index (χ4n) is 2.73. The minimum absolute atomic E-state index is 0.0918. The summed E-state index contributed by atoms with van der Waals surface area (Å²) in [5.41, 5.74) is 0.189. The van der Waals surface area contributed by atoms with Crippen molar-refractivity contribution in [1.82, 2.24) is 0 Å². The van der Waals surface area contributed by atoms with Gasteiger partial charge in [0.1, 0.15) is 5.75 Å². The van der Waals surface area contributed by atoms with Crippen LogP contribution in [0.4, 0.5) is 23.2 Å². The van der Waals surface area contributed by atoms with Gasteiger partial charge in [-0.1, -0.05) is 11.6 Å². The third-order valence-electron chi connectivity index (χ3n) is 4.07. The second-order valence-corrected chi connectivity index (χ2v) is 6.12. The number of nitrogens with zero attached hydrogens (tertiary/aromatic N) is 1. The molecule has 0 radical (unpaired) electrons. The van der Waals surface area contributed by atoms with E-state index in [1.54, 1.807) is 26.1 Å². The number of alkyl halides is 3. The highest BCUT2D eigenvalue weighted by molar-refractivity contribution is 6.32.